The molecule has 0 spiro atoms. The molecule has 0 aliphatic heterocycles. The summed E-state index contributed by atoms with van der Waals surface area (Å²) in [7, 11) is 0. The number of para-hydroxylation sites is 1. The summed E-state index contributed by atoms with van der Waals surface area (Å²) in [6, 6.07) is 11.8. The second kappa shape index (κ2) is 5.40. The standard InChI is InChI=1S/C17H16N2O2/c1-12-5-4-8-18-15(12)11-19-10-13(9-17(20)21)14-6-2-3-7-16(14)19/h2-8,10H,9,11H2,1H3,(H,20,21). The molecule has 3 aromatic rings. The van der Waals surface area contributed by atoms with Crippen molar-refractivity contribution < 1.29 is 9.90 Å². The summed E-state index contributed by atoms with van der Waals surface area (Å²) in [5, 5.41) is 10.0. The van der Waals surface area contributed by atoms with Gasteiger partial charge in [-0.2, -0.15) is 0 Å². The average molecular weight is 280 g/mol. The molecule has 4 nitrogen and oxygen atoms in total. The lowest BCUT2D eigenvalue weighted by Gasteiger charge is -2.07. The van der Waals surface area contributed by atoms with Gasteiger partial charge in [-0.1, -0.05) is 24.3 Å². The molecule has 2 heterocycles. The summed E-state index contributed by atoms with van der Waals surface area (Å²) in [6.45, 7) is 2.68. The first-order valence-corrected chi connectivity index (χ1v) is 6.84. The highest BCUT2D eigenvalue weighted by Gasteiger charge is 2.12. The van der Waals surface area contributed by atoms with E-state index in [9.17, 15) is 4.79 Å². The summed E-state index contributed by atoms with van der Waals surface area (Å²) in [6.07, 6.45) is 3.74. The van der Waals surface area contributed by atoms with E-state index in [0.29, 0.717) is 6.54 Å². The first-order chi connectivity index (χ1) is 10.1. The number of aryl methyl sites for hydroxylation is 1. The molecule has 106 valence electrons. The molecule has 0 radical (unpaired) electrons. The maximum atomic E-state index is 11.0. The highest BCUT2D eigenvalue weighted by atomic mass is 16.4. The second-order valence-electron chi connectivity index (χ2n) is 5.14. The molecule has 0 aliphatic carbocycles. The van der Waals surface area contributed by atoms with Crippen LogP contribution in [0, 0.1) is 6.92 Å². The number of benzene rings is 1. The summed E-state index contributed by atoms with van der Waals surface area (Å²) in [5.41, 5.74) is 4.01. The van der Waals surface area contributed by atoms with Crippen molar-refractivity contribution in [3.05, 3.63) is 65.6 Å². The maximum Gasteiger partial charge on any atom is 0.307 e. The molecular weight excluding hydrogens is 264 g/mol. The van der Waals surface area contributed by atoms with Crippen molar-refractivity contribution in [2.75, 3.05) is 0 Å². The van der Waals surface area contributed by atoms with E-state index in [2.05, 4.69) is 9.55 Å². The summed E-state index contributed by atoms with van der Waals surface area (Å²) in [5.74, 6) is -0.813. The Morgan fingerprint density at radius 3 is 2.81 bits per heavy atom. The van der Waals surface area contributed by atoms with Crippen LogP contribution in [0.2, 0.25) is 0 Å². The van der Waals surface area contributed by atoms with Gasteiger partial charge in [0.15, 0.2) is 0 Å². The minimum Gasteiger partial charge on any atom is -0.481 e. The lowest BCUT2D eigenvalue weighted by molar-refractivity contribution is -0.136. The first-order valence-electron chi connectivity index (χ1n) is 6.84. The Morgan fingerprint density at radius 2 is 2.05 bits per heavy atom. The van der Waals surface area contributed by atoms with Gasteiger partial charge in [-0.05, 0) is 30.2 Å². The Hall–Kier alpha value is -2.62. The molecular formula is C17H16N2O2. The molecule has 2 aromatic heterocycles. The lowest BCUT2D eigenvalue weighted by atomic mass is 10.1. The second-order valence-corrected chi connectivity index (χ2v) is 5.14. The van der Waals surface area contributed by atoms with Crippen LogP contribution in [0.1, 0.15) is 16.8 Å². The predicted molar refractivity (Wildman–Crippen MR) is 81.4 cm³/mol. The van der Waals surface area contributed by atoms with Gasteiger partial charge in [0.1, 0.15) is 0 Å². The summed E-state index contributed by atoms with van der Waals surface area (Å²) < 4.78 is 2.07. The van der Waals surface area contributed by atoms with Crippen molar-refractivity contribution >= 4 is 16.9 Å². The lowest BCUT2D eigenvalue weighted by Crippen LogP contribution is -2.03. The molecule has 4 heteroatoms. The normalized spacial score (nSPS) is 10.9. The third kappa shape index (κ3) is 2.65. The smallest absolute Gasteiger partial charge is 0.307 e. The quantitative estimate of drug-likeness (QED) is 0.799. The van der Waals surface area contributed by atoms with E-state index < -0.39 is 5.97 Å². The fraction of sp³-hybridized carbons (Fsp3) is 0.176. The molecule has 3 rings (SSSR count). The van der Waals surface area contributed by atoms with Crippen molar-refractivity contribution in [1.82, 2.24) is 9.55 Å². The van der Waals surface area contributed by atoms with Crippen LogP contribution in [0.5, 0.6) is 0 Å². The van der Waals surface area contributed by atoms with E-state index in [1.807, 2.05) is 49.5 Å². The van der Waals surface area contributed by atoms with Gasteiger partial charge in [-0.25, -0.2) is 0 Å². The largest absolute Gasteiger partial charge is 0.481 e. The van der Waals surface area contributed by atoms with Crippen LogP contribution in [-0.2, 0) is 17.8 Å². The molecule has 0 amide bonds. The molecule has 1 N–H and O–H groups in total. The van der Waals surface area contributed by atoms with Crippen LogP contribution in [0.3, 0.4) is 0 Å². The third-order valence-electron chi connectivity index (χ3n) is 3.65. The third-order valence-corrected chi connectivity index (χ3v) is 3.65. The Morgan fingerprint density at radius 1 is 1.24 bits per heavy atom. The van der Waals surface area contributed by atoms with Gasteiger partial charge in [0, 0.05) is 23.3 Å². The van der Waals surface area contributed by atoms with Crippen molar-refractivity contribution in [1.29, 1.82) is 0 Å². The number of rotatable bonds is 4. The fourth-order valence-corrected chi connectivity index (χ4v) is 2.60. The van der Waals surface area contributed by atoms with Crippen LogP contribution in [0.15, 0.2) is 48.8 Å². The molecule has 0 aliphatic rings. The maximum absolute atomic E-state index is 11.0. The molecule has 0 atom stereocenters. The van der Waals surface area contributed by atoms with Crippen LogP contribution in [0.4, 0.5) is 0 Å². The Bertz CT molecular complexity index is 805. The van der Waals surface area contributed by atoms with E-state index in [4.69, 9.17) is 5.11 Å². The summed E-state index contributed by atoms with van der Waals surface area (Å²) in [4.78, 5) is 15.4. The molecule has 21 heavy (non-hydrogen) atoms. The van der Waals surface area contributed by atoms with Gasteiger partial charge >= 0.3 is 5.97 Å². The molecule has 1 aromatic carbocycles. The number of hydrogen-bond acceptors (Lipinski definition) is 2. The highest BCUT2D eigenvalue weighted by Crippen LogP contribution is 2.23. The average Bonchev–Trinajstić information content (AvgIpc) is 2.79. The fourth-order valence-electron chi connectivity index (χ4n) is 2.60. The Balaban J connectivity index is 2.06. The first kappa shape index (κ1) is 13.4. The van der Waals surface area contributed by atoms with Crippen molar-refractivity contribution in [2.24, 2.45) is 0 Å². The number of pyridine rings is 1. The number of aromatic nitrogens is 2. The zero-order chi connectivity index (χ0) is 14.8. The monoisotopic (exact) mass is 280 g/mol. The molecule has 0 unspecified atom stereocenters. The van der Waals surface area contributed by atoms with Gasteiger partial charge < -0.3 is 9.67 Å². The number of carbonyl (C=O) groups is 1. The number of nitrogens with zero attached hydrogens (tertiary/aromatic N) is 2. The van der Waals surface area contributed by atoms with Crippen LogP contribution < -0.4 is 0 Å². The number of aliphatic carboxylic acids is 1. The van der Waals surface area contributed by atoms with Crippen molar-refractivity contribution in [3.63, 3.8) is 0 Å². The molecule has 0 fully saturated rings. The van der Waals surface area contributed by atoms with Gasteiger partial charge in [-0.3, -0.25) is 9.78 Å². The van der Waals surface area contributed by atoms with Crippen molar-refractivity contribution in [3.8, 4) is 0 Å². The van der Waals surface area contributed by atoms with E-state index in [0.717, 1.165) is 27.7 Å². The van der Waals surface area contributed by atoms with Crippen LogP contribution in [-0.4, -0.2) is 20.6 Å². The summed E-state index contributed by atoms with van der Waals surface area (Å²) >= 11 is 0. The minimum atomic E-state index is -0.813. The number of fused-ring (bicyclic) bond motifs is 1. The molecule has 0 saturated carbocycles. The number of carboxylic acid groups (broad SMARTS) is 1. The van der Waals surface area contributed by atoms with E-state index in [1.54, 1.807) is 6.20 Å². The number of hydrogen-bond donors (Lipinski definition) is 1. The van der Waals surface area contributed by atoms with Gasteiger partial charge in [-0.15, -0.1) is 0 Å². The van der Waals surface area contributed by atoms with Crippen LogP contribution >= 0.6 is 0 Å². The Labute approximate surface area is 122 Å². The SMILES string of the molecule is Cc1cccnc1Cn1cc(CC(=O)O)c2ccccc21. The molecule has 0 bridgehead atoms. The minimum absolute atomic E-state index is 0.0364. The van der Waals surface area contributed by atoms with E-state index in [-0.39, 0.29) is 6.42 Å². The van der Waals surface area contributed by atoms with Crippen LogP contribution in [0.25, 0.3) is 10.9 Å². The van der Waals surface area contributed by atoms with Gasteiger partial charge in [0.2, 0.25) is 0 Å². The number of carboxylic acids is 1. The van der Waals surface area contributed by atoms with Gasteiger partial charge in [0.25, 0.3) is 0 Å². The highest BCUT2D eigenvalue weighted by molar-refractivity contribution is 5.87. The van der Waals surface area contributed by atoms with Crippen molar-refractivity contribution in [2.45, 2.75) is 19.9 Å². The van der Waals surface area contributed by atoms with E-state index >= 15 is 0 Å². The zero-order valence-electron chi connectivity index (χ0n) is 11.8. The zero-order valence-corrected chi connectivity index (χ0v) is 11.8. The Kier molecular flexibility index (Phi) is 3.44. The topological polar surface area (TPSA) is 55.1 Å². The van der Waals surface area contributed by atoms with Gasteiger partial charge in [0.05, 0.1) is 18.7 Å². The molecule has 0 saturated heterocycles. The van der Waals surface area contributed by atoms with E-state index in [1.165, 1.54) is 0 Å². The predicted octanol–water partition coefficient (Wildman–Crippen LogP) is 3.02.